The molecule has 0 aromatic heterocycles. The third kappa shape index (κ3) is 2.89. The Bertz CT molecular complexity index is 323. The Morgan fingerprint density at radius 1 is 1.12 bits per heavy atom. The molecular formula is C13H19NO2. The van der Waals surface area contributed by atoms with Gasteiger partial charge in [-0.2, -0.15) is 0 Å². The molecule has 88 valence electrons. The predicted molar refractivity (Wildman–Crippen MR) is 64.5 cm³/mol. The molecule has 2 unspecified atom stereocenters. The molecule has 1 aromatic rings. The van der Waals surface area contributed by atoms with Crippen LogP contribution in [0.15, 0.2) is 24.3 Å². The summed E-state index contributed by atoms with van der Waals surface area (Å²) in [6.07, 6.45) is 5.07. The molecule has 1 saturated carbocycles. The van der Waals surface area contributed by atoms with Crippen LogP contribution in [0.1, 0.15) is 25.7 Å². The number of rotatable bonds is 3. The van der Waals surface area contributed by atoms with Crippen LogP contribution in [0.5, 0.6) is 5.75 Å². The minimum absolute atomic E-state index is 0.280. The normalized spacial score (nSPS) is 25.3. The van der Waals surface area contributed by atoms with Gasteiger partial charge in [0.2, 0.25) is 0 Å². The fraction of sp³-hybridized carbons (Fsp3) is 0.538. The highest BCUT2D eigenvalue weighted by molar-refractivity contribution is 5.41. The maximum atomic E-state index is 5.91. The van der Waals surface area contributed by atoms with Crippen molar-refractivity contribution in [1.29, 1.82) is 0 Å². The summed E-state index contributed by atoms with van der Waals surface area (Å²) in [6, 6.07) is 7.58. The van der Waals surface area contributed by atoms with Gasteiger partial charge in [0.1, 0.15) is 11.9 Å². The topological polar surface area (TPSA) is 44.5 Å². The smallest absolute Gasteiger partial charge is 0.119 e. The predicted octanol–water partition coefficient (Wildman–Crippen LogP) is 2.61. The molecule has 0 aliphatic heterocycles. The Morgan fingerprint density at radius 2 is 1.81 bits per heavy atom. The summed E-state index contributed by atoms with van der Waals surface area (Å²) >= 11 is 0. The van der Waals surface area contributed by atoms with Crippen molar-refractivity contribution in [3.63, 3.8) is 0 Å². The van der Waals surface area contributed by atoms with E-state index < -0.39 is 0 Å². The first-order valence-corrected chi connectivity index (χ1v) is 5.83. The molecule has 1 aliphatic carbocycles. The zero-order chi connectivity index (χ0) is 11.4. The number of anilines is 1. The SMILES string of the molecule is COC1CCCC(Oc2ccc(N)cc2)C1. The molecule has 2 N–H and O–H groups in total. The Labute approximate surface area is 96.5 Å². The van der Waals surface area contributed by atoms with Crippen molar-refractivity contribution in [2.45, 2.75) is 37.9 Å². The molecule has 1 aliphatic rings. The molecule has 16 heavy (non-hydrogen) atoms. The lowest BCUT2D eigenvalue weighted by molar-refractivity contribution is 0.0210. The van der Waals surface area contributed by atoms with Gasteiger partial charge in [-0.15, -0.1) is 0 Å². The van der Waals surface area contributed by atoms with Gasteiger partial charge in [-0.25, -0.2) is 0 Å². The van der Waals surface area contributed by atoms with Crippen LogP contribution in [-0.4, -0.2) is 19.3 Å². The van der Waals surface area contributed by atoms with E-state index in [1.807, 2.05) is 24.3 Å². The first-order chi connectivity index (χ1) is 7.78. The Hall–Kier alpha value is -1.22. The van der Waals surface area contributed by atoms with E-state index in [0.717, 1.165) is 30.7 Å². The zero-order valence-electron chi connectivity index (χ0n) is 9.69. The molecule has 0 bridgehead atoms. The number of benzene rings is 1. The first-order valence-electron chi connectivity index (χ1n) is 5.83. The standard InChI is InChI=1S/C13H19NO2/c1-15-12-3-2-4-13(9-12)16-11-7-5-10(14)6-8-11/h5-8,12-13H,2-4,9,14H2,1H3. The Morgan fingerprint density at radius 3 is 2.50 bits per heavy atom. The molecule has 0 heterocycles. The number of ether oxygens (including phenoxy) is 2. The average molecular weight is 221 g/mol. The van der Waals surface area contributed by atoms with E-state index in [9.17, 15) is 0 Å². The highest BCUT2D eigenvalue weighted by atomic mass is 16.5. The molecule has 2 atom stereocenters. The number of nitrogens with two attached hydrogens (primary N) is 1. The van der Waals surface area contributed by atoms with E-state index >= 15 is 0 Å². The van der Waals surface area contributed by atoms with Crippen molar-refractivity contribution in [1.82, 2.24) is 0 Å². The molecule has 3 nitrogen and oxygen atoms in total. The van der Waals surface area contributed by atoms with E-state index in [-0.39, 0.29) is 6.10 Å². The lowest BCUT2D eigenvalue weighted by Gasteiger charge is -2.28. The average Bonchev–Trinajstić information content (AvgIpc) is 2.32. The largest absolute Gasteiger partial charge is 0.490 e. The van der Waals surface area contributed by atoms with Gasteiger partial charge in [-0.05, 0) is 43.5 Å². The Kier molecular flexibility index (Phi) is 3.67. The van der Waals surface area contributed by atoms with Gasteiger partial charge in [-0.3, -0.25) is 0 Å². The second kappa shape index (κ2) is 5.21. The molecule has 1 aromatic carbocycles. The van der Waals surface area contributed by atoms with E-state index in [4.69, 9.17) is 15.2 Å². The van der Waals surface area contributed by atoms with Gasteiger partial charge in [0, 0.05) is 19.2 Å². The second-order valence-corrected chi connectivity index (χ2v) is 4.33. The van der Waals surface area contributed by atoms with E-state index in [1.54, 1.807) is 7.11 Å². The summed E-state index contributed by atoms with van der Waals surface area (Å²) < 4.78 is 11.3. The highest BCUT2D eigenvalue weighted by Gasteiger charge is 2.22. The van der Waals surface area contributed by atoms with E-state index in [0.29, 0.717) is 6.10 Å². The highest BCUT2D eigenvalue weighted by Crippen LogP contribution is 2.25. The molecule has 0 spiro atoms. The monoisotopic (exact) mass is 221 g/mol. The van der Waals surface area contributed by atoms with Crippen molar-refractivity contribution in [3.8, 4) is 5.75 Å². The van der Waals surface area contributed by atoms with Crippen LogP contribution in [-0.2, 0) is 4.74 Å². The molecule has 1 fully saturated rings. The molecule has 0 saturated heterocycles. The summed E-state index contributed by atoms with van der Waals surface area (Å²) in [5.74, 6) is 0.899. The lowest BCUT2D eigenvalue weighted by atomic mass is 9.95. The number of nitrogen functional groups attached to an aromatic ring is 1. The van der Waals surface area contributed by atoms with Gasteiger partial charge in [-0.1, -0.05) is 0 Å². The zero-order valence-corrected chi connectivity index (χ0v) is 9.69. The van der Waals surface area contributed by atoms with E-state index in [1.165, 1.54) is 6.42 Å². The van der Waals surface area contributed by atoms with Crippen LogP contribution >= 0.6 is 0 Å². The quantitative estimate of drug-likeness (QED) is 0.798. The van der Waals surface area contributed by atoms with Crippen molar-refractivity contribution in [2.75, 3.05) is 12.8 Å². The summed E-state index contributed by atoms with van der Waals surface area (Å²) in [4.78, 5) is 0. The third-order valence-electron chi connectivity index (χ3n) is 3.09. The molecule has 2 rings (SSSR count). The minimum Gasteiger partial charge on any atom is -0.490 e. The fourth-order valence-electron chi connectivity index (χ4n) is 2.16. The molecule has 0 radical (unpaired) electrons. The van der Waals surface area contributed by atoms with Crippen LogP contribution in [0.4, 0.5) is 5.69 Å². The van der Waals surface area contributed by atoms with Crippen LogP contribution in [0, 0.1) is 0 Å². The van der Waals surface area contributed by atoms with E-state index in [2.05, 4.69) is 0 Å². The second-order valence-electron chi connectivity index (χ2n) is 4.33. The van der Waals surface area contributed by atoms with Gasteiger partial charge < -0.3 is 15.2 Å². The first kappa shape index (κ1) is 11.3. The van der Waals surface area contributed by atoms with Crippen molar-refractivity contribution < 1.29 is 9.47 Å². The van der Waals surface area contributed by atoms with Crippen LogP contribution in [0.25, 0.3) is 0 Å². The number of hydrogen-bond acceptors (Lipinski definition) is 3. The van der Waals surface area contributed by atoms with Crippen molar-refractivity contribution >= 4 is 5.69 Å². The van der Waals surface area contributed by atoms with Crippen LogP contribution in [0.2, 0.25) is 0 Å². The van der Waals surface area contributed by atoms with Gasteiger partial charge >= 0.3 is 0 Å². The lowest BCUT2D eigenvalue weighted by Crippen LogP contribution is -2.29. The number of hydrogen-bond donors (Lipinski definition) is 1. The van der Waals surface area contributed by atoms with Gasteiger partial charge in [0.05, 0.1) is 6.10 Å². The van der Waals surface area contributed by atoms with Crippen molar-refractivity contribution in [3.05, 3.63) is 24.3 Å². The summed E-state index contributed by atoms with van der Waals surface area (Å²) in [5.41, 5.74) is 6.40. The summed E-state index contributed by atoms with van der Waals surface area (Å²) in [7, 11) is 1.77. The van der Waals surface area contributed by atoms with Gasteiger partial charge in [0.25, 0.3) is 0 Å². The maximum absolute atomic E-state index is 5.91. The van der Waals surface area contributed by atoms with Crippen molar-refractivity contribution in [2.24, 2.45) is 0 Å². The Balaban J connectivity index is 1.91. The fourth-order valence-corrected chi connectivity index (χ4v) is 2.16. The summed E-state index contributed by atoms with van der Waals surface area (Å²) in [6.45, 7) is 0. The minimum atomic E-state index is 0.280. The van der Waals surface area contributed by atoms with Gasteiger partial charge in [0.15, 0.2) is 0 Å². The third-order valence-corrected chi connectivity index (χ3v) is 3.09. The molecular weight excluding hydrogens is 202 g/mol. The van der Waals surface area contributed by atoms with Crippen LogP contribution < -0.4 is 10.5 Å². The maximum Gasteiger partial charge on any atom is 0.119 e. The summed E-state index contributed by atoms with van der Waals surface area (Å²) in [5, 5.41) is 0. The molecule has 0 amide bonds. The van der Waals surface area contributed by atoms with Crippen LogP contribution in [0.3, 0.4) is 0 Å². The number of methoxy groups -OCH3 is 1. The molecule has 3 heteroatoms.